The van der Waals surface area contributed by atoms with E-state index in [2.05, 4.69) is 5.16 Å². The zero-order valence-electron chi connectivity index (χ0n) is 11.5. The predicted molar refractivity (Wildman–Crippen MR) is 77.6 cm³/mol. The van der Waals surface area contributed by atoms with Crippen LogP contribution < -0.4 is 5.56 Å². The van der Waals surface area contributed by atoms with Gasteiger partial charge in [0.2, 0.25) is 0 Å². The maximum absolute atomic E-state index is 12.1. The molecule has 21 heavy (non-hydrogen) atoms. The topological polar surface area (TPSA) is 53.0 Å². The van der Waals surface area contributed by atoms with Crippen LogP contribution >= 0.6 is 0 Å². The average Bonchev–Trinajstić information content (AvgIpc) is 3.16. The van der Waals surface area contributed by atoms with Crippen LogP contribution in [0.2, 0.25) is 0 Å². The summed E-state index contributed by atoms with van der Waals surface area (Å²) >= 11 is 0. The molecular weight excluding hydrogens is 266 g/mol. The van der Waals surface area contributed by atoms with Crippen LogP contribution in [0.1, 0.15) is 30.2 Å². The molecule has 0 saturated heterocycles. The van der Waals surface area contributed by atoms with Crippen molar-refractivity contribution >= 4 is 0 Å². The lowest BCUT2D eigenvalue weighted by Crippen LogP contribution is -2.22. The van der Waals surface area contributed by atoms with Crippen LogP contribution in [0.25, 0.3) is 5.69 Å². The van der Waals surface area contributed by atoms with Gasteiger partial charge in [0.05, 0.1) is 11.4 Å². The predicted octanol–water partition coefficient (Wildman–Crippen LogP) is 2.55. The lowest BCUT2D eigenvalue weighted by atomic mass is 10.3. The number of aromatic nitrogens is 3. The van der Waals surface area contributed by atoms with E-state index in [-0.39, 0.29) is 5.56 Å². The largest absolute Gasteiger partial charge is 0.359 e. The van der Waals surface area contributed by atoms with Crippen LogP contribution in [0.4, 0.5) is 0 Å². The van der Waals surface area contributed by atoms with E-state index in [9.17, 15) is 4.79 Å². The molecule has 1 aromatic carbocycles. The van der Waals surface area contributed by atoms with E-state index in [1.165, 1.54) is 12.8 Å². The van der Waals surface area contributed by atoms with Gasteiger partial charge in [0.25, 0.3) is 5.56 Å². The molecule has 0 atom stereocenters. The van der Waals surface area contributed by atoms with Crippen molar-refractivity contribution in [1.82, 2.24) is 14.5 Å². The molecular formula is C16H15N3O2. The number of hydrogen-bond donors (Lipinski definition) is 0. The van der Waals surface area contributed by atoms with Crippen molar-refractivity contribution in [2.45, 2.75) is 25.3 Å². The lowest BCUT2D eigenvalue weighted by Gasteiger charge is -2.09. The first kappa shape index (κ1) is 12.2. The molecule has 0 aliphatic heterocycles. The Morgan fingerprint density at radius 3 is 2.76 bits per heavy atom. The fourth-order valence-corrected chi connectivity index (χ4v) is 2.49. The third-order valence-corrected chi connectivity index (χ3v) is 3.77. The second-order valence-electron chi connectivity index (χ2n) is 5.38. The highest BCUT2D eigenvalue weighted by molar-refractivity contribution is 5.30. The number of nitrogens with zero attached hydrogens (tertiary/aromatic N) is 3. The molecule has 0 radical (unpaired) electrons. The summed E-state index contributed by atoms with van der Waals surface area (Å²) in [7, 11) is 0. The third kappa shape index (κ3) is 2.31. The van der Waals surface area contributed by atoms with Crippen LogP contribution in [0.5, 0.6) is 0 Å². The Kier molecular flexibility index (Phi) is 2.77. The maximum atomic E-state index is 12.1. The van der Waals surface area contributed by atoms with Gasteiger partial charge in [-0.3, -0.25) is 9.48 Å². The Bertz CT molecular complexity index is 809. The monoisotopic (exact) mass is 281 g/mol. The van der Waals surface area contributed by atoms with Crippen molar-refractivity contribution in [2.75, 3.05) is 0 Å². The van der Waals surface area contributed by atoms with E-state index >= 15 is 0 Å². The molecule has 0 spiro atoms. The fourth-order valence-electron chi connectivity index (χ4n) is 2.49. The standard InChI is InChI=1S/C16H15N3O2/c20-16-8-9-18(13-4-2-1-3-5-13)19(16)11-14-10-15(17-21-14)12-6-7-12/h1-5,8-10,12H,6-7,11H2. The van der Waals surface area contributed by atoms with Gasteiger partial charge in [0.15, 0.2) is 5.76 Å². The Morgan fingerprint density at radius 2 is 2.00 bits per heavy atom. The summed E-state index contributed by atoms with van der Waals surface area (Å²) in [5.74, 6) is 1.27. The van der Waals surface area contributed by atoms with Gasteiger partial charge in [-0.2, -0.15) is 0 Å². The molecule has 0 amide bonds. The van der Waals surface area contributed by atoms with Gasteiger partial charge in [-0.1, -0.05) is 23.4 Å². The van der Waals surface area contributed by atoms with Gasteiger partial charge < -0.3 is 4.52 Å². The Balaban J connectivity index is 1.68. The zero-order valence-corrected chi connectivity index (χ0v) is 11.5. The van der Waals surface area contributed by atoms with Gasteiger partial charge in [-0.15, -0.1) is 0 Å². The SMILES string of the molecule is O=c1ccn(-c2ccccc2)n1Cc1cc(C2CC2)no1. The molecule has 2 heterocycles. The quantitative estimate of drug-likeness (QED) is 0.738. The van der Waals surface area contributed by atoms with Gasteiger partial charge in [-0.25, -0.2) is 4.68 Å². The van der Waals surface area contributed by atoms with Gasteiger partial charge in [0, 0.05) is 24.2 Å². The highest BCUT2D eigenvalue weighted by Gasteiger charge is 2.27. The maximum Gasteiger partial charge on any atom is 0.267 e. The van der Waals surface area contributed by atoms with Crippen molar-refractivity contribution in [1.29, 1.82) is 0 Å². The van der Waals surface area contributed by atoms with Crippen molar-refractivity contribution < 1.29 is 4.52 Å². The minimum absolute atomic E-state index is 0.0526. The molecule has 106 valence electrons. The summed E-state index contributed by atoms with van der Waals surface area (Å²) < 4.78 is 8.84. The van der Waals surface area contributed by atoms with Gasteiger partial charge >= 0.3 is 0 Å². The fraction of sp³-hybridized carbons (Fsp3) is 0.250. The van der Waals surface area contributed by atoms with E-state index in [1.54, 1.807) is 16.9 Å². The normalized spacial score (nSPS) is 14.5. The van der Waals surface area contributed by atoms with E-state index < -0.39 is 0 Å². The molecule has 3 aromatic rings. The van der Waals surface area contributed by atoms with Crippen molar-refractivity contribution in [2.24, 2.45) is 0 Å². The summed E-state index contributed by atoms with van der Waals surface area (Å²) in [6.45, 7) is 0.389. The Morgan fingerprint density at radius 1 is 1.19 bits per heavy atom. The van der Waals surface area contributed by atoms with E-state index in [0.29, 0.717) is 12.5 Å². The summed E-state index contributed by atoms with van der Waals surface area (Å²) in [6, 6.07) is 13.3. The minimum atomic E-state index is -0.0526. The van der Waals surface area contributed by atoms with Crippen LogP contribution in [0.3, 0.4) is 0 Å². The van der Waals surface area contributed by atoms with Gasteiger partial charge in [-0.05, 0) is 25.0 Å². The highest BCUT2D eigenvalue weighted by atomic mass is 16.5. The molecule has 1 fully saturated rings. The molecule has 1 aliphatic carbocycles. The number of benzene rings is 1. The van der Waals surface area contributed by atoms with Crippen LogP contribution in [0, 0.1) is 0 Å². The minimum Gasteiger partial charge on any atom is -0.359 e. The molecule has 4 rings (SSSR count). The molecule has 5 nitrogen and oxygen atoms in total. The molecule has 2 aromatic heterocycles. The lowest BCUT2D eigenvalue weighted by molar-refractivity contribution is 0.360. The molecule has 0 bridgehead atoms. The highest BCUT2D eigenvalue weighted by Crippen LogP contribution is 2.39. The number of para-hydroxylation sites is 1. The zero-order chi connectivity index (χ0) is 14.2. The number of hydrogen-bond acceptors (Lipinski definition) is 3. The second kappa shape index (κ2) is 4.77. The molecule has 1 aliphatic rings. The summed E-state index contributed by atoms with van der Waals surface area (Å²) in [5.41, 5.74) is 1.90. The summed E-state index contributed by atoms with van der Waals surface area (Å²) in [4.78, 5) is 12.1. The molecule has 1 saturated carbocycles. The molecule has 0 N–H and O–H groups in total. The Labute approximate surface area is 121 Å². The smallest absolute Gasteiger partial charge is 0.267 e. The van der Waals surface area contributed by atoms with E-state index in [1.807, 2.05) is 41.1 Å². The van der Waals surface area contributed by atoms with Crippen LogP contribution in [-0.2, 0) is 6.54 Å². The number of rotatable bonds is 4. The van der Waals surface area contributed by atoms with Crippen molar-refractivity contribution in [3.8, 4) is 5.69 Å². The van der Waals surface area contributed by atoms with E-state index in [4.69, 9.17) is 4.52 Å². The second-order valence-corrected chi connectivity index (χ2v) is 5.38. The Hall–Kier alpha value is -2.56. The van der Waals surface area contributed by atoms with Gasteiger partial charge in [0.1, 0.15) is 6.54 Å². The van der Waals surface area contributed by atoms with Crippen molar-refractivity contribution in [3.05, 3.63) is 70.5 Å². The third-order valence-electron chi connectivity index (χ3n) is 3.77. The first-order chi connectivity index (χ1) is 10.3. The van der Waals surface area contributed by atoms with E-state index in [0.717, 1.165) is 17.1 Å². The summed E-state index contributed by atoms with van der Waals surface area (Å²) in [5, 5.41) is 4.09. The molecule has 0 unspecified atom stereocenters. The average molecular weight is 281 g/mol. The summed E-state index contributed by atoms with van der Waals surface area (Å²) in [6.07, 6.45) is 4.15. The first-order valence-electron chi connectivity index (χ1n) is 7.10. The molecule has 5 heteroatoms. The van der Waals surface area contributed by atoms with Crippen LogP contribution in [0.15, 0.2) is 58.0 Å². The van der Waals surface area contributed by atoms with Crippen LogP contribution in [-0.4, -0.2) is 14.5 Å². The van der Waals surface area contributed by atoms with Crippen molar-refractivity contribution in [3.63, 3.8) is 0 Å². The first-order valence-corrected chi connectivity index (χ1v) is 7.10.